The van der Waals surface area contributed by atoms with Crippen molar-refractivity contribution in [2.75, 3.05) is 6.54 Å². The molecule has 112 valence electrons. The zero-order valence-corrected chi connectivity index (χ0v) is 12.3. The van der Waals surface area contributed by atoms with Crippen molar-refractivity contribution in [3.8, 4) is 0 Å². The molecule has 6 nitrogen and oxygen atoms in total. The molecule has 1 saturated heterocycles. The van der Waals surface area contributed by atoms with Crippen LogP contribution in [0.15, 0.2) is 24.4 Å². The van der Waals surface area contributed by atoms with Gasteiger partial charge in [-0.1, -0.05) is 19.9 Å². The van der Waals surface area contributed by atoms with Crippen molar-refractivity contribution in [3.05, 3.63) is 30.1 Å². The molecule has 1 aromatic rings. The van der Waals surface area contributed by atoms with Gasteiger partial charge in [0.05, 0.1) is 0 Å². The molecule has 21 heavy (non-hydrogen) atoms. The Bertz CT molecular complexity index is 553. The minimum absolute atomic E-state index is 0.219. The number of nitrogens with zero attached hydrogens (tertiary/aromatic N) is 2. The van der Waals surface area contributed by atoms with E-state index in [1.165, 1.54) is 0 Å². The van der Waals surface area contributed by atoms with Crippen LogP contribution in [0.5, 0.6) is 0 Å². The van der Waals surface area contributed by atoms with Gasteiger partial charge in [-0.15, -0.1) is 0 Å². The van der Waals surface area contributed by atoms with Crippen LogP contribution < -0.4 is 5.32 Å². The summed E-state index contributed by atoms with van der Waals surface area (Å²) >= 11 is 0. The van der Waals surface area contributed by atoms with E-state index >= 15 is 0 Å². The van der Waals surface area contributed by atoms with Crippen molar-refractivity contribution in [3.63, 3.8) is 0 Å². The van der Waals surface area contributed by atoms with Crippen LogP contribution in [0.1, 0.15) is 32.4 Å². The lowest BCUT2D eigenvalue weighted by Gasteiger charge is -2.38. The summed E-state index contributed by atoms with van der Waals surface area (Å²) in [5.41, 5.74) is -0.327. The van der Waals surface area contributed by atoms with Crippen LogP contribution in [0.2, 0.25) is 0 Å². The standard InChI is InChI=1S/C15H19N3O3/c1-3-15(4-2)12(19)17-14(21)18(13(15)20)10-8-11-7-5-6-9-16-11/h5-7,9H,3-4,8,10H2,1-2H3,(H,17,19,21). The highest BCUT2D eigenvalue weighted by Gasteiger charge is 2.51. The van der Waals surface area contributed by atoms with Crippen molar-refractivity contribution in [1.82, 2.24) is 15.2 Å². The first-order chi connectivity index (χ1) is 10.0. The van der Waals surface area contributed by atoms with Crippen LogP contribution in [0.25, 0.3) is 0 Å². The van der Waals surface area contributed by atoms with Gasteiger partial charge in [-0.3, -0.25) is 24.8 Å². The van der Waals surface area contributed by atoms with Crippen molar-refractivity contribution in [2.24, 2.45) is 5.41 Å². The van der Waals surface area contributed by atoms with Crippen molar-refractivity contribution < 1.29 is 14.4 Å². The van der Waals surface area contributed by atoms with Gasteiger partial charge >= 0.3 is 6.03 Å². The number of nitrogens with one attached hydrogen (secondary N) is 1. The third-order valence-corrected chi connectivity index (χ3v) is 4.08. The van der Waals surface area contributed by atoms with Crippen LogP contribution in [0.3, 0.4) is 0 Å². The van der Waals surface area contributed by atoms with E-state index in [0.29, 0.717) is 19.3 Å². The SMILES string of the molecule is CCC1(CC)C(=O)NC(=O)N(CCc2ccccn2)C1=O. The van der Waals surface area contributed by atoms with E-state index in [1.807, 2.05) is 12.1 Å². The lowest BCUT2D eigenvalue weighted by molar-refractivity contribution is -0.152. The average molecular weight is 289 g/mol. The highest BCUT2D eigenvalue weighted by molar-refractivity contribution is 6.19. The van der Waals surface area contributed by atoms with E-state index in [2.05, 4.69) is 10.3 Å². The Morgan fingerprint density at radius 1 is 1.19 bits per heavy atom. The Labute approximate surface area is 123 Å². The van der Waals surface area contributed by atoms with Crippen LogP contribution in [0, 0.1) is 5.41 Å². The van der Waals surface area contributed by atoms with Crippen molar-refractivity contribution in [2.45, 2.75) is 33.1 Å². The average Bonchev–Trinajstić information content (AvgIpc) is 2.49. The number of rotatable bonds is 5. The number of barbiturate groups is 1. The van der Waals surface area contributed by atoms with Crippen LogP contribution in [-0.2, 0) is 16.0 Å². The molecule has 6 heteroatoms. The quantitative estimate of drug-likeness (QED) is 0.833. The predicted molar refractivity (Wildman–Crippen MR) is 76.2 cm³/mol. The minimum atomic E-state index is -1.13. The molecule has 2 rings (SSSR count). The molecule has 4 amide bonds. The zero-order chi connectivity index (χ0) is 15.5. The number of urea groups is 1. The van der Waals surface area contributed by atoms with Gasteiger partial charge in [0.1, 0.15) is 5.41 Å². The molecule has 0 radical (unpaired) electrons. The predicted octanol–water partition coefficient (Wildman–Crippen LogP) is 1.51. The Morgan fingerprint density at radius 3 is 2.48 bits per heavy atom. The first kappa shape index (κ1) is 15.2. The van der Waals surface area contributed by atoms with Crippen molar-refractivity contribution in [1.29, 1.82) is 0 Å². The van der Waals surface area contributed by atoms with Gasteiger partial charge in [0.2, 0.25) is 11.8 Å². The van der Waals surface area contributed by atoms with E-state index in [9.17, 15) is 14.4 Å². The molecule has 0 bridgehead atoms. The smallest absolute Gasteiger partial charge is 0.277 e. The van der Waals surface area contributed by atoms with E-state index < -0.39 is 23.3 Å². The summed E-state index contributed by atoms with van der Waals surface area (Å²) in [4.78, 5) is 41.8. The largest absolute Gasteiger partial charge is 0.330 e. The number of carbonyl (C=O) groups excluding carboxylic acids is 3. The fourth-order valence-electron chi connectivity index (χ4n) is 2.58. The van der Waals surface area contributed by atoms with Gasteiger partial charge in [-0.2, -0.15) is 0 Å². The topological polar surface area (TPSA) is 79.4 Å². The first-order valence-corrected chi connectivity index (χ1v) is 7.12. The summed E-state index contributed by atoms with van der Waals surface area (Å²) in [7, 11) is 0. The van der Waals surface area contributed by atoms with Crippen LogP contribution >= 0.6 is 0 Å². The second-order valence-electron chi connectivity index (χ2n) is 5.08. The summed E-state index contributed by atoms with van der Waals surface area (Å²) in [5, 5.41) is 2.30. The zero-order valence-electron chi connectivity index (χ0n) is 12.3. The second-order valence-corrected chi connectivity index (χ2v) is 5.08. The molecule has 1 aliphatic heterocycles. The van der Waals surface area contributed by atoms with Crippen LogP contribution in [-0.4, -0.2) is 34.3 Å². The molecule has 1 aliphatic rings. The lowest BCUT2D eigenvalue weighted by Crippen LogP contribution is -2.63. The van der Waals surface area contributed by atoms with Gasteiger partial charge in [0.25, 0.3) is 0 Å². The molecule has 0 unspecified atom stereocenters. The fourth-order valence-corrected chi connectivity index (χ4v) is 2.58. The minimum Gasteiger partial charge on any atom is -0.277 e. The maximum Gasteiger partial charge on any atom is 0.330 e. The van der Waals surface area contributed by atoms with Gasteiger partial charge < -0.3 is 0 Å². The van der Waals surface area contributed by atoms with Gasteiger partial charge in [-0.25, -0.2) is 4.79 Å². The number of imide groups is 2. The normalized spacial score (nSPS) is 17.8. The third-order valence-electron chi connectivity index (χ3n) is 4.08. The summed E-state index contributed by atoms with van der Waals surface area (Å²) < 4.78 is 0. The first-order valence-electron chi connectivity index (χ1n) is 7.12. The fraction of sp³-hybridized carbons (Fsp3) is 0.467. The molecule has 1 aromatic heterocycles. The molecule has 1 fully saturated rings. The lowest BCUT2D eigenvalue weighted by atomic mass is 9.78. The molecule has 0 spiro atoms. The number of hydrogen-bond acceptors (Lipinski definition) is 4. The molecule has 0 atom stereocenters. The molecular formula is C15H19N3O3. The van der Waals surface area contributed by atoms with E-state index in [1.54, 1.807) is 26.1 Å². The highest BCUT2D eigenvalue weighted by atomic mass is 16.2. The maximum atomic E-state index is 12.6. The maximum absolute atomic E-state index is 12.6. The number of carbonyl (C=O) groups is 3. The van der Waals surface area contributed by atoms with Gasteiger partial charge in [0, 0.05) is 24.9 Å². The number of aromatic nitrogens is 1. The number of amides is 4. The summed E-state index contributed by atoms with van der Waals surface area (Å²) in [6.45, 7) is 3.79. The Balaban J connectivity index is 2.16. The van der Waals surface area contributed by atoms with Crippen molar-refractivity contribution >= 4 is 17.8 Å². The molecule has 0 aliphatic carbocycles. The van der Waals surface area contributed by atoms with Crippen LogP contribution in [0.4, 0.5) is 4.79 Å². The molecule has 1 N–H and O–H groups in total. The highest BCUT2D eigenvalue weighted by Crippen LogP contribution is 2.32. The summed E-state index contributed by atoms with van der Waals surface area (Å²) in [6, 6.07) is 4.86. The number of pyridine rings is 1. The second kappa shape index (κ2) is 6.03. The molecule has 0 saturated carbocycles. The van der Waals surface area contributed by atoms with E-state index in [-0.39, 0.29) is 6.54 Å². The monoisotopic (exact) mass is 289 g/mol. The van der Waals surface area contributed by atoms with E-state index in [0.717, 1.165) is 10.6 Å². The molecular weight excluding hydrogens is 270 g/mol. The third kappa shape index (κ3) is 2.66. The Hall–Kier alpha value is -2.24. The summed E-state index contributed by atoms with van der Waals surface area (Å²) in [5.74, 6) is -0.895. The number of hydrogen-bond donors (Lipinski definition) is 1. The van der Waals surface area contributed by atoms with E-state index in [4.69, 9.17) is 0 Å². The van der Waals surface area contributed by atoms with Gasteiger partial charge in [-0.05, 0) is 25.0 Å². The summed E-state index contributed by atoms with van der Waals surface area (Å²) in [6.07, 6.45) is 2.89. The molecule has 2 heterocycles. The Kier molecular flexibility index (Phi) is 4.35. The molecule has 0 aromatic carbocycles. The van der Waals surface area contributed by atoms with Gasteiger partial charge in [0.15, 0.2) is 0 Å². The Morgan fingerprint density at radius 2 is 1.90 bits per heavy atom.